The molecule has 0 aliphatic heterocycles. The van der Waals surface area contributed by atoms with E-state index in [4.69, 9.17) is 5.73 Å². The normalized spacial score (nSPS) is 12.4. The topological polar surface area (TPSA) is 38.9 Å². The van der Waals surface area contributed by atoms with Gasteiger partial charge in [0.25, 0.3) is 0 Å². The van der Waals surface area contributed by atoms with Crippen LogP contribution in [0.3, 0.4) is 0 Å². The first-order valence-electron chi connectivity index (χ1n) is 7.44. The first-order valence-corrected chi connectivity index (χ1v) is 7.44. The van der Waals surface area contributed by atoms with Crippen LogP contribution in [0, 0.1) is 0 Å². The van der Waals surface area contributed by atoms with Crippen LogP contribution in [-0.4, -0.2) is 11.0 Å². The number of fused-ring (bicyclic) bond motifs is 1. The van der Waals surface area contributed by atoms with Gasteiger partial charge in [0.05, 0.1) is 0 Å². The molecule has 1 atom stereocenters. The van der Waals surface area contributed by atoms with Crippen LogP contribution in [0.15, 0.2) is 67.0 Å². The third-order valence-electron chi connectivity index (χ3n) is 3.92. The zero-order valence-electron chi connectivity index (χ0n) is 12.1. The molecule has 2 heteroatoms. The van der Waals surface area contributed by atoms with Crippen molar-refractivity contribution in [3.8, 4) is 0 Å². The number of nitrogens with zero attached hydrogens (tertiary/aromatic N) is 1. The summed E-state index contributed by atoms with van der Waals surface area (Å²) < 4.78 is 0. The van der Waals surface area contributed by atoms with Crippen molar-refractivity contribution in [2.75, 3.05) is 0 Å². The summed E-state index contributed by atoms with van der Waals surface area (Å²) in [6, 6.07) is 19.3. The number of aryl methyl sites for hydroxylation is 1. The lowest BCUT2D eigenvalue weighted by Gasteiger charge is -2.13. The number of benzene rings is 2. The number of pyridine rings is 1. The zero-order chi connectivity index (χ0) is 14.5. The molecule has 2 aromatic carbocycles. The molecule has 1 aromatic heterocycles. The molecule has 3 aromatic rings. The van der Waals surface area contributed by atoms with Gasteiger partial charge in [0.15, 0.2) is 0 Å². The van der Waals surface area contributed by atoms with Crippen LogP contribution in [0.2, 0.25) is 0 Å². The first-order chi connectivity index (χ1) is 10.3. The van der Waals surface area contributed by atoms with Crippen LogP contribution in [-0.2, 0) is 12.8 Å². The number of rotatable bonds is 5. The largest absolute Gasteiger partial charge is 0.327 e. The first kappa shape index (κ1) is 13.8. The molecule has 0 saturated carbocycles. The number of hydrogen-bond donors (Lipinski definition) is 1. The third-order valence-corrected chi connectivity index (χ3v) is 3.92. The molecular formula is C19H20N2. The minimum atomic E-state index is 0.184. The van der Waals surface area contributed by atoms with Crippen LogP contribution in [0.5, 0.6) is 0 Å². The van der Waals surface area contributed by atoms with Gasteiger partial charge in [-0.2, -0.15) is 0 Å². The van der Waals surface area contributed by atoms with Crippen molar-refractivity contribution in [1.29, 1.82) is 0 Å². The third kappa shape index (κ3) is 3.47. The lowest BCUT2D eigenvalue weighted by molar-refractivity contribution is 0.612. The van der Waals surface area contributed by atoms with Crippen molar-refractivity contribution in [2.45, 2.75) is 25.3 Å². The van der Waals surface area contributed by atoms with Gasteiger partial charge >= 0.3 is 0 Å². The van der Waals surface area contributed by atoms with Gasteiger partial charge in [-0.1, -0.05) is 42.5 Å². The highest BCUT2D eigenvalue weighted by Crippen LogP contribution is 2.20. The Hall–Kier alpha value is -2.19. The lowest BCUT2D eigenvalue weighted by Crippen LogP contribution is -2.23. The van der Waals surface area contributed by atoms with Crippen LogP contribution in [0.1, 0.15) is 17.5 Å². The Labute approximate surface area is 125 Å². The number of hydrogen-bond acceptors (Lipinski definition) is 2. The Balaban J connectivity index is 1.67. The summed E-state index contributed by atoms with van der Waals surface area (Å²) in [7, 11) is 0. The van der Waals surface area contributed by atoms with E-state index in [9.17, 15) is 0 Å². The van der Waals surface area contributed by atoms with Gasteiger partial charge in [-0.15, -0.1) is 0 Å². The molecule has 0 aliphatic carbocycles. The Morgan fingerprint density at radius 3 is 2.52 bits per heavy atom. The molecule has 0 saturated heterocycles. The van der Waals surface area contributed by atoms with Gasteiger partial charge in [0.2, 0.25) is 0 Å². The molecule has 106 valence electrons. The molecule has 21 heavy (non-hydrogen) atoms. The fraction of sp³-hybridized carbons (Fsp3) is 0.211. The number of aromatic nitrogens is 1. The smallest absolute Gasteiger partial charge is 0.0270 e. The summed E-state index contributed by atoms with van der Waals surface area (Å²) in [6.45, 7) is 0. The second kappa shape index (κ2) is 6.51. The molecular weight excluding hydrogens is 256 g/mol. The summed E-state index contributed by atoms with van der Waals surface area (Å²) >= 11 is 0. The van der Waals surface area contributed by atoms with Crippen molar-refractivity contribution in [3.63, 3.8) is 0 Å². The minimum absolute atomic E-state index is 0.184. The van der Waals surface area contributed by atoms with Crippen LogP contribution >= 0.6 is 0 Å². The van der Waals surface area contributed by atoms with E-state index in [1.54, 1.807) is 0 Å². The molecule has 0 amide bonds. The molecule has 0 bridgehead atoms. The van der Waals surface area contributed by atoms with E-state index in [1.165, 1.54) is 21.9 Å². The highest BCUT2D eigenvalue weighted by atomic mass is 14.6. The molecule has 1 heterocycles. The van der Waals surface area contributed by atoms with Crippen molar-refractivity contribution in [3.05, 3.63) is 78.1 Å². The maximum atomic E-state index is 6.33. The molecule has 0 fully saturated rings. The molecule has 2 nitrogen and oxygen atoms in total. The summed E-state index contributed by atoms with van der Waals surface area (Å²) in [5.41, 5.74) is 8.98. The minimum Gasteiger partial charge on any atom is -0.327 e. The van der Waals surface area contributed by atoms with Gasteiger partial charge in [-0.05, 0) is 53.3 Å². The predicted octanol–water partition coefficient (Wildman–Crippen LogP) is 3.74. The van der Waals surface area contributed by atoms with Gasteiger partial charge < -0.3 is 5.73 Å². The Kier molecular flexibility index (Phi) is 4.27. The van der Waals surface area contributed by atoms with E-state index in [1.807, 2.05) is 12.4 Å². The van der Waals surface area contributed by atoms with Gasteiger partial charge in [-0.3, -0.25) is 4.98 Å². The molecule has 1 unspecified atom stereocenters. The van der Waals surface area contributed by atoms with E-state index in [0.717, 1.165) is 19.3 Å². The summed E-state index contributed by atoms with van der Waals surface area (Å²) in [5.74, 6) is 0. The maximum absolute atomic E-state index is 6.33. The average Bonchev–Trinajstić information content (AvgIpc) is 2.54. The quantitative estimate of drug-likeness (QED) is 0.771. The Morgan fingerprint density at radius 2 is 1.67 bits per heavy atom. The van der Waals surface area contributed by atoms with Gasteiger partial charge in [-0.25, -0.2) is 0 Å². The van der Waals surface area contributed by atoms with Crippen molar-refractivity contribution in [1.82, 2.24) is 4.98 Å². The fourth-order valence-electron chi connectivity index (χ4n) is 2.76. The summed E-state index contributed by atoms with van der Waals surface area (Å²) in [6.07, 6.45) is 6.60. The highest BCUT2D eigenvalue weighted by Gasteiger charge is 2.07. The molecule has 2 N–H and O–H groups in total. The zero-order valence-corrected chi connectivity index (χ0v) is 12.1. The van der Waals surface area contributed by atoms with Crippen molar-refractivity contribution < 1.29 is 0 Å². The van der Waals surface area contributed by atoms with Crippen molar-refractivity contribution >= 4 is 10.8 Å². The van der Waals surface area contributed by atoms with E-state index >= 15 is 0 Å². The van der Waals surface area contributed by atoms with E-state index in [2.05, 4.69) is 59.6 Å². The molecule has 3 rings (SSSR count). The number of nitrogens with two attached hydrogens (primary N) is 1. The fourth-order valence-corrected chi connectivity index (χ4v) is 2.76. The Morgan fingerprint density at radius 1 is 0.905 bits per heavy atom. The van der Waals surface area contributed by atoms with Crippen LogP contribution in [0.25, 0.3) is 10.8 Å². The van der Waals surface area contributed by atoms with Gasteiger partial charge in [0.1, 0.15) is 0 Å². The molecule has 0 radical (unpaired) electrons. The maximum Gasteiger partial charge on any atom is 0.0270 e. The second-order valence-corrected chi connectivity index (χ2v) is 5.50. The van der Waals surface area contributed by atoms with Crippen molar-refractivity contribution in [2.24, 2.45) is 5.73 Å². The van der Waals surface area contributed by atoms with Gasteiger partial charge in [0, 0.05) is 18.4 Å². The Bertz CT molecular complexity index is 702. The van der Waals surface area contributed by atoms with E-state index in [-0.39, 0.29) is 6.04 Å². The average molecular weight is 276 g/mol. The van der Waals surface area contributed by atoms with E-state index < -0.39 is 0 Å². The lowest BCUT2D eigenvalue weighted by atomic mass is 9.96. The SMILES string of the molecule is NC(CCc1ccncc1)Cc1cccc2ccccc12. The summed E-state index contributed by atoms with van der Waals surface area (Å²) in [5, 5.41) is 2.61. The van der Waals surface area contributed by atoms with Crippen LogP contribution < -0.4 is 5.73 Å². The van der Waals surface area contributed by atoms with E-state index in [0.29, 0.717) is 0 Å². The standard InChI is InChI=1S/C19H20N2/c20-18(9-8-15-10-12-21-13-11-15)14-17-6-3-5-16-4-1-2-7-19(16)17/h1-7,10-13,18H,8-9,14,20H2. The predicted molar refractivity (Wildman–Crippen MR) is 88.2 cm³/mol. The molecule has 0 aliphatic rings. The van der Waals surface area contributed by atoms with Crippen LogP contribution in [0.4, 0.5) is 0 Å². The molecule has 0 spiro atoms. The highest BCUT2D eigenvalue weighted by molar-refractivity contribution is 5.85. The second-order valence-electron chi connectivity index (χ2n) is 5.50. The monoisotopic (exact) mass is 276 g/mol. The summed E-state index contributed by atoms with van der Waals surface area (Å²) in [4.78, 5) is 4.04.